The van der Waals surface area contributed by atoms with E-state index in [0.717, 1.165) is 54.9 Å². The largest absolute Gasteiger partial charge is 0.455 e. The Labute approximate surface area is 228 Å². The van der Waals surface area contributed by atoms with Crippen LogP contribution >= 0.6 is 0 Å². The summed E-state index contributed by atoms with van der Waals surface area (Å²) in [5, 5.41) is 22.5. The van der Waals surface area contributed by atoms with Crippen molar-refractivity contribution in [1.29, 1.82) is 0 Å². The molecule has 0 amide bonds. The Bertz CT molecular complexity index is 1770. The average molecular weight is 529 g/mol. The summed E-state index contributed by atoms with van der Waals surface area (Å²) in [5.41, 5.74) is 5.97. The third-order valence-electron chi connectivity index (χ3n) is 7.40. The highest BCUT2D eigenvalue weighted by molar-refractivity contribution is 7.86. The zero-order valence-electron chi connectivity index (χ0n) is 20.9. The molecule has 0 aromatic heterocycles. The minimum atomic E-state index is -1.43. The van der Waals surface area contributed by atoms with Crippen molar-refractivity contribution in [2.75, 3.05) is 0 Å². The van der Waals surface area contributed by atoms with Gasteiger partial charge in [-0.15, -0.1) is 0 Å². The lowest BCUT2D eigenvalue weighted by molar-refractivity contribution is 0.281. The van der Waals surface area contributed by atoms with Crippen molar-refractivity contribution in [2.45, 2.75) is 23.0 Å². The van der Waals surface area contributed by atoms with E-state index in [1.54, 1.807) is 0 Å². The van der Waals surface area contributed by atoms with Gasteiger partial charge in [0.15, 0.2) is 0 Å². The molecule has 190 valence electrons. The Kier molecular flexibility index (Phi) is 5.78. The number of hydrogen-bond acceptors (Lipinski definition) is 4. The van der Waals surface area contributed by atoms with E-state index in [2.05, 4.69) is 12.1 Å². The maximum Gasteiger partial charge on any atom is 0.144 e. The molecular formula is C34H24O4S. The quantitative estimate of drug-likeness (QED) is 0.247. The number of ether oxygens (including phenoxy) is 1. The van der Waals surface area contributed by atoms with Gasteiger partial charge >= 0.3 is 0 Å². The van der Waals surface area contributed by atoms with Gasteiger partial charge in [-0.2, -0.15) is 0 Å². The number of fused-ring (bicyclic) bond motifs is 6. The molecule has 0 atom stereocenters. The first-order valence-electron chi connectivity index (χ1n) is 12.8. The van der Waals surface area contributed by atoms with Crippen LogP contribution in [0.1, 0.15) is 11.1 Å². The number of rotatable bonds is 4. The van der Waals surface area contributed by atoms with E-state index in [1.807, 2.05) is 97.1 Å². The summed E-state index contributed by atoms with van der Waals surface area (Å²) in [7, 11) is -1.43. The third-order valence-corrected chi connectivity index (χ3v) is 8.98. The van der Waals surface area contributed by atoms with E-state index < -0.39 is 10.8 Å². The predicted molar refractivity (Wildman–Crippen MR) is 155 cm³/mol. The lowest BCUT2D eigenvalue weighted by Crippen LogP contribution is -2.06. The number of hydrogen-bond donors (Lipinski definition) is 2. The molecule has 1 heterocycles. The Morgan fingerprint density at radius 3 is 1.33 bits per heavy atom. The molecule has 0 saturated heterocycles. The molecule has 0 unspecified atom stereocenters. The van der Waals surface area contributed by atoms with Gasteiger partial charge in [0.1, 0.15) is 11.5 Å². The second-order valence-electron chi connectivity index (χ2n) is 9.74. The monoisotopic (exact) mass is 528 g/mol. The average Bonchev–Trinajstić information content (AvgIpc) is 3.00. The van der Waals surface area contributed by atoms with Crippen LogP contribution in [-0.2, 0) is 24.0 Å². The van der Waals surface area contributed by atoms with E-state index in [0.29, 0.717) is 21.3 Å². The fourth-order valence-electron chi connectivity index (χ4n) is 5.29. The summed E-state index contributed by atoms with van der Waals surface area (Å²) in [5.74, 6) is 1.24. The molecule has 4 nitrogen and oxygen atoms in total. The van der Waals surface area contributed by atoms with Crippen molar-refractivity contribution in [3.63, 3.8) is 0 Å². The van der Waals surface area contributed by atoms with Crippen LogP contribution < -0.4 is 4.74 Å². The summed E-state index contributed by atoms with van der Waals surface area (Å²) in [6, 6.07) is 35.9. The van der Waals surface area contributed by atoms with Crippen LogP contribution in [0.4, 0.5) is 0 Å². The Morgan fingerprint density at radius 2 is 0.923 bits per heavy atom. The van der Waals surface area contributed by atoms with Gasteiger partial charge in [-0.05, 0) is 68.4 Å². The van der Waals surface area contributed by atoms with Crippen LogP contribution in [0.25, 0.3) is 43.8 Å². The fourth-order valence-corrected chi connectivity index (χ4v) is 6.85. The van der Waals surface area contributed by atoms with Gasteiger partial charge in [-0.1, -0.05) is 84.9 Å². The molecule has 1 aliphatic heterocycles. The molecule has 5 heteroatoms. The van der Waals surface area contributed by atoms with E-state index in [4.69, 9.17) is 4.74 Å². The molecule has 2 N–H and O–H groups in total. The van der Waals surface area contributed by atoms with Gasteiger partial charge in [0.05, 0.1) is 33.8 Å². The highest BCUT2D eigenvalue weighted by Crippen LogP contribution is 2.47. The van der Waals surface area contributed by atoms with Crippen molar-refractivity contribution >= 4 is 32.3 Å². The molecule has 39 heavy (non-hydrogen) atoms. The van der Waals surface area contributed by atoms with Crippen molar-refractivity contribution < 1.29 is 19.2 Å². The Balaban J connectivity index is 1.31. The van der Waals surface area contributed by atoms with E-state index in [-0.39, 0.29) is 13.2 Å². The van der Waals surface area contributed by atoms with Crippen LogP contribution in [-0.4, -0.2) is 14.4 Å². The predicted octanol–water partition coefficient (Wildman–Crippen LogP) is 7.58. The summed E-state index contributed by atoms with van der Waals surface area (Å²) < 4.78 is 20.5. The topological polar surface area (TPSA) is 66.8 Å². The minimum Gasteiger partial charge on any atom is -0.455 e. The first-order valence-corrected chi connectivity index (χ1v) is 13.9. The van der Waals surface area contributed by atoms with E-state index in [9.17, 15) is 14.4 Å². The van der Waals surface area contributed by atoms with Gasteiger partial charge in [0.25, 0.3) is 0 Å². The molecule has 0 bridgehead atoms. The number of aliphatic hydroxyl groups excluding tert-OH is 2. The molecule has 0 fully saturated rings. The molecule has 6 aromatic rings. The highest BCUT2D eigenvalue weighted by Gasteiger charge is 2.28. The van der Waals surface area contributed by atoms with E-state index in [1.165, 1.54) is 0 Å². The molecule has 6 aromatic carbocycles. The lowest BCUT2D eigenvalue weighted by atomic mass is 9.99. The van der Waals surface area contributed by atoms with Crippen LogP contribution in [0, 0.1) is 0 Å². The van der Waals surface area contributed by atoms with Gasteiger partial charge in [-0.3, -0.25) is 0 Å². The maximum atomic E-state index is 14.2. The van der Waals surface area contributed by atoms with E-state index >= 15 is 0 Å². The standard InChI is InChI=1S/C34H24O4S/c35-19-21-1-5-23(6-2-21)25-9-13-29-27(17-25)11-15-31-33(29)39(37)34-30-14-10-26(18-28(30)12-16-32(34)38-31)24-7-3-22(20-36)4-8-24/h1-18,35-36H,19-20H2. The molecule has 7 rings (SSSR count). The SMILES string of the molecule is O=S1c2c(ccc3cc(-c4ccc(CO)cc4)ccc23)Oc2ccc3cc(-c4ccc(CO)cc4)ccc3c21. The Hall–Kier alpha value is -4.29. The summed E-state index contributed by atoms with van der Waals surface area (Å²) in [6.07, 6.45) is 0. The van der Waals surface area contributed by atoms with Crippen molar-refractivity contribution in [1.82, 2.24) is 0 Å². The highest BCUT2D eigenvalue weighted by atomic mass is 32.2. The van der Waals surface area contributed by atoms with Gasteiger partial charge < -0.3 is 14.9 Å². The van der Waals surface area contributed by atoms with Crippen molar-refractivity contribution in [2.24, 2.45) is 0 Å². The van der Waals surface area contributed by atoms with Gasteiger partial charge in [0.2, 0.25) is 0 Å². The van der Waals surface area contributed by atoms with Crippen LogP contribution in [0.3, 0.4) is 0 Å². The van der Waals surface area contributed by atoms with Crippen LogP contribution in [0.5, 0.6) is 11.5 Å². The minimum absolute atomic E-state index is 0.0190. The third kappa shape index (κ3) is 4.03. The first kappa shape index (κ1) is 23.8. The Morgan fingerprint density at radius 1 is 0.513 bits per heavy atom. The molecule has 0 spiro atoms. The zero-order chi connectivity index (χ0) is 26.5. The molecular weight excluding hydrogens is 504 g/mol. The second kappa shape index (κ2) is 9.47. The number of aliphatic hydroxyl groups is 2. The molecule has 0 saturated carbocycles. The van der Waals surface area contributed by atoms with Crippen molar-refractivity contribution in [3.05, 3.63) is 120 Å². The van der Waals surface area contributed by atoms with Crippen LogP contribution in [0.2, 0.25) is 0 Å². The smallest absolute Gasteiger partial charge is 0.144 e. The summed E-state index contributed by atoms with van der Waals surface area (Å²) >= 11 is 0. The summed E-state index contributed by atoms with van der Waals surface area (Å²) in [6.45, 7) is 0.0380. The first-order chi connectivity index (χ1) is 19.1. The fraction of sp³-hybridized carbons (Fsp3) is 0.0588. The number of benzene rings is 6. The molecule has 0 aliphatic carbocycles. The van der Waals surface area contributed by atoms with Crippen LogP contribution in [0.15, 0.2) is 119 Å². The normalized spacial score (nSPS) is 12.8. The molecule has 0 radical (unpaired) electrons. The van der Waals surface area contributed by atoms with Gasteiger partial charge in [-0.25, -0.2) is 4.21 Å². The molecule has 1 aliphatic rings. The zero-order valence-corrected chi connectivity index (χ0v) is 21.7. The summed E-state index contributed by atoms with van der Waals surface area (Å²) in [4.78, 5) is 1.39. The van der Waals surface area contributed by atoms with Crippen molar-refractivity contribution in [3.8, 4) is 33.8 Å². The second-order valence-corrected chi connectivity index (χ2v) is 11.1. The lowest BCUT2D eigenvalue weighted by Gasteiger charge is -2.23. The maximum absolute atomic E-state index is 14.2. The van der Waals surface area contributed by atoms with Gasteiger partial charge in [0, 0.05) is 10.8 Å².